The van der Waals surface area contributed by atoms with Gasteiger partial charge in [-0.3, -0.25) is 4.98 Å². The van der Waals surface area contributed by atoms with Crippen LogP contribution in [0.3, 0.4) is 0 Å². The van der Waals surface area contributed by atoms with Crippen LogP contribution in [0.2, 0.25) is 10.0 Å². The molecule has 1 heterocycles. The van der Waals surface area contributed by atoms with Crippen molar-refractivity contribution in [2.24, 2.45) is 0 Å². The first-order chi connectivity index (χ1) is 6.63. The Kier molecular flexibility index (Phi) is 4.96. The van der Waals surface area contributed by atoms with Crippen LogP contribution in [0.5, 0.6) is 0 Å². The van der Waals surface area contributed by atoms with Crippen molar-refractivity contribution in [1.82, 2.24) is 4.98 Å². The van der Waals surface area contributed by atoms with E-state index in [0.717, 1.165) is 5.69 Å². The van der Waals surface area contributed by atoms with Gasteiger partial charge in [0.1, 0.15) is 0 Å². The summed E-state index contributed by atoms with van der Waals surface area (Å²) in [5.74, 6) is 0. The van der Waals surface area contributed by atoms with Crippen LogP contribution in [0, 0.1) is 0 Å². The fraction of sp³-hybridized carbons (Fsp3) is 0.444. The molecule has 0 amide bonds. The highest BCUT2D eigenvalue weighted by atomic mass is 35.5. The Morgan fingerprint density at radius 3 is 2.79 bits per heavy atom. The van der Waals surface area contributed by atoms with Gasteiger partial charge in [0, 0.05) is 19.7 Å². The molecule has 2 nitrogen and oxygen atoms in total. The zero-order chi connectivity index (χ0) is 10.6. The molecule has 0 radical (unpaired) electrons. The fourth-order valence-corrected chi connectivity index (χ4v) is 1.77. The summed E-state index contributed by atoms with van der Waals surface area (Å²) in [4.78, 5) is 4.10. The van der Waals surface area contributed by atoms with E-state index in [-0.39, 0.29) is 5.38 Å². The maximum Gasteiger partial charge on any atom is 0.0636 e. The van der Waals surface area contributed by atoms with Gasteiger partial charge in [0.25, 0.3) is 0 Å². The zero-order valence-electron chi connectivity index (χ0n) is 7.64. The lowest BCUT2D eigenvalue weighted by atomic mass is 10.2. The SMILES string of the molecule is COCC(Cl)Cc1ncc(Cl)cc1Cl. The molecule has 1 rings (SSSR count). The smallest absolute Gasteiger partial charge is 0.0636 e. The van der Waals surface area contributed by atoms with Gasteiger partial charge < -0.3 is 4.74 Å². The normalized spacial score (nSPS) is 12.9. The van der Waals surface area contributed by atoms with Crippen LogP contribution < -0.4 is 0 Å². The minimum Gasteiger partial charge on any atom is -0.383 e. The van der Waals surface area contributed by atoms with Crippen LogP contribution in [-0.4, -0.2) is 24.1 Å². The number of pyridine rings is 1. The Morgan fingerprint density at radius 2 is 2.21 bits per heavy atom. The van der Waals surface area contributed by atoms with Crippen LogP contribution in [0.15, 0.2) is 12.3 Å². The fourth-order valence-electron chi connectivity index (χ4n) is 1.04. The highest BCUT2D eigenvalue weighted by Crippen LogP contribution is 2.20. The van der Waals surface area contributed by atoms with Gasteiger partial charge in [-0.15, -0.1) is 11.6 Å². The molecule has 1 aromatic rings. The third kappa shape index (κ3) is 3.62. The Labute approximate surface area is 98.1 Å². The highest BCUT2D eigenvalue weighted by Gasteiger charge is 2.10. The maximum absolute atomic E-state index is 5.97. The van der Waals surface area contributed by atoms with Crippen LogP contribution in [0.4, 0.5) is 0 Å². The molecule has 1 aromatic heterocycles. The van der Waals surface area contributed by atoms with Gasteiger partial charge in [-0.2, -0.15) is 0 Å². The molecule has 0 saturated heterocycles. The quantitative estimate of drug-likeness (QED) is 0.770. The van der Waals surface area contributed by atoms with Gasteiger partial charge >= 0.3 is 0 Å². The summed E-state index contributed by atoms with van der Waals surface area (Å²) in [5.41, 5.74) is 0.744. The second-order valence-corrected chi connectivity index (χ2v) is 4.30. The van der Waals surface area contributed by atoms with Crippen molar-refractivity contribution < 1.29 is 4.74 Å². The Bertz CT molecular complexity index is 306. The number of alkyl halides is 1. The third-order valence-electron chi connectivity index (χ3n) is 1.65. The van der Waals surface area contributed by atoms with E-state index >= 15 is 0 Å². The monoisotopic (exact) mass is 253 g/mol. The van der Waals surface area contributed by atoms with Crippen molar-refractivity contribution >= 4 is 34.8 Å². The largest absolute Gasteiger partial charge is 0.383 e. The van der Waals surface area contributed by atoms with Crippen LogP contribution in [-0.2, 0) is 11.2 Å². The molecule has 5 heteroatoms. The zero-order valence-corrected chi connectivity index (χ0v) is 9.90. The molecular formula is C9H10Cl3NO. The van der Waals surface area contributed by atoms with Gasteiger partial charge in [-0.25, -0.2) is 0 Å². The molecule has 0 spiro atoms. The number of halogens is 3. The summed E-state index contributed by atoms with van der Waals surface area (Å²) >= 11 is 17.6. The summed E-state index contributed by atoms with van der Waals surface area (Å²) in [6.45, 7) is 0.474. The molecule has 0 aliphatic heterocycles. The van der Waals surface area contributed by atoms with Gasteiger partial charge in [0.15, 0.2) is 0 Å². The standard InChI is InChI=1S/C9H10Cl3NO/c1-14-5-7(11)3-9-8(12)2-6(10)4-13-9/h2,4,7H,3,5H2,1H3. The molecule has 1 atom stereocenters. The Hall–Kier alpha value is -0.0200. The van der Waals surface area contributed by atoms with E-state index in [1.54, 1.807) is 19.4 Å². The van der Waals surface area contributed by atoms with Crippen molar-refractivity contribution in [3.05, 3.63) is 28.0 Å². The van der Waals surface area contributed by atoms with E-state index in [4.69, 9.17) is 39.5 Å². The van der Waals surface area contributed by atoms with E-state index in [0.29, 0.717) is 23.1 Å². The Morgan fingerprint density at radius 1 is 1.50 bits per heavy atom. The summed E-state index contributed by atoms with van der Waals surface area (Å²) in [6, 6.07) is 1.65. The number of ether oxygens (including phenoxy) is 1. The number of hydrogen-bond acceptors (Lipinski definition) is 2. The van der Waals surface area contributed by atoms with Crippen molar-refractivity contribution in [3.63, 3.8) is 0 Å². The number of nitrogens with zero attached hydrogens (tertiary/aromatic N) is 1. The predicted molar refractivity (Wildman–Crippen MR) is 59.5 cm³/mol. The lowest BCUT2D eigenvalue weighted by Crippen LogP contribution is -2.11. The summed E-state index contributed by atoms with van der Waals surface area (Å²) in [6.07, 6.45) is 2.13. The molecule has 0 aromatic carbocycles. The number of aromatic nitrogens is 1. The lowest BCUT2D eigenvalue weighted by molar-refractivity contribution is 0.197. The average Bonchev–Trinajstić information content (AvgIpc) is 2.10. The van der Waals surface area contributed by atoms with E-state index < -0.39 is 0 Å². The van der Waals surface area contributed by atoms with E-state index in [9.17, 15) is 0 Å². The first-order valence-corrected chi connectivity index (χ1v) is 5.25. The Balaban J connectivity index is 2.67. The molecule has 0 aliphatic rings. The maximum atomic E-state index is 5.97. The lowest BCUT2D eigenvalue weighted by Gasteiger charge is -2.08. The minimum atomic E-state index is -0.119. The van der Waals surface area contributed by atoms with E-state index in [2.05, 4.69) is 4.98 Å². The predicted octanol–water partition coefficient (Wildman–Crippen LogP) is 3.18. The average molecular weight is 255 g/mol. The van der Waals surface area contributed by atoms with Crippen molar-refractivity contribution in [2.45, 2.75) is 11.8 Å². The second-order valence-electron chi connectivity index (χ2n) is 2.84. The van der Waals surface area contributed by atoms with Gasteiger partial charge in [-0.05, 0) is 6.07 Å². The molecule has 78 valence electrons. The van der Waals surface area contributed by atoms with Gasteiger partial charge in [0.05, 0.1) is 27.7 Å². The van der Waals surface area contributed by atoms with Gasteiger partial charge in [0.2, 0.25) is 0 Å². The molecule has 1 unspecified atom stereocenters. The summed E-state index contributed by atoms with van der Waals surface area (Å²) in [5, 5.41) is 0.946. The molecule has 0 fully saturated rings. The van der Waals surface area contributed by atoms with Crippen molar-refractivity contribution in [1.29, 1.82) is 0 Å². The molecule has 0 aliphatic carbocycles. The van der Waals surface area contributed by atoms with Crippen LogP contribution in [0.25, 0.3) is 0 Å². The molecule has 0 N–H and O–H groups in total. The van der Waals surface area contributed by atoms with Crippen molar-refractivity contribution in [3.8, 4) is 0 Å². The second kappa shape index (κ2) is 5.76. The minimum absolute atomic E-state index is 0.119. The molecule has 0 bridgehead atoms. The molecular weight excluding hydrogens is 244 g/mol. The summed E-state index contributed by atoms with van der Waals surface area (Å²) < 4.78 is 4.91. The summed E-state index contributed by atoms with van der Waals surface area (Å²) in [7, 11) is 1.60. The van der Waals surface area contributed by atoms with Crippen molar-refractivity contribution in [2.75, 3.05) is 13.7 Å². The van der Waals surface area contributed by atoms with E-state index in [1.165, 1.54) is 0 Å². The third-order valence-corrected chi connectivity index (χ3v) is 2.46. The molecule has 14 heavy (non-hydrogen) atoms. The highest BCUT2D eigenvalue weighted by molar-refractivity contribution is 6.34. The first kappa shape index (κ1) is 12.1. The molecule has 0 saturated carbocycles. The van der Waals surface area contributed by atoms with Gasteiger partial charge in [-0.1, -0.05) is 23.2 Å². The number of hydrogen-bond donors (Lipinski definition) is 0. The number of methoxy groups -OCH3 is 1. The first-order valence-electron chi connectivity index (χ1n) is 4.06. The number of rotatable bonds is 4. The topological polar surface area (TPSA) is 22.1 Å². The van der Waals surface area contributed by atoms with E-state index in [1.807, 2.05) is 0 Å². The van der Waals surface area contributed by atoms with Crippen LogP contribution in [0.1, 0.15) is 5.69 Å². The van der Waals surface area contributed by atoms with Crippen LogP contribution >= 0.6 is 34.8 Å².